The number of benzene rings is 2. The highest BCUT2D eigenvalue weighted by molar-refractivity contribution is 8.36. The molecule has 0 radical (unpaired) electrons. The molecule has 1 aliphatic heterocycles. The quantitative estimate of drug-likeness (QED) is 0.249. The summed E-state index contributed by atoms with van der Waals surface area (Å²) in [5.74, 6) is -1.08. The van der Waals surface area contributed by atoms with Gasteiger partial charge >= 0.3 is 7.60 Å². The van der Waals surface area contributed by atoms with Crippen LogP contribution in [0.5, 0.6) is 0 Å². The smallest absolute Gasteiger partial charge is 0.368 e. The van der Waals surface area contributed by atoms with E-state index in [2.05, 4.69) is 0 Å². The van der Waals surface area contributed by atoms with Crippen molar-refractivity contribution >= 4 is 38.6 Å². The zero-order chi connectivity index (χ0) is 23.4. The van der Waals surface area contributed by atoms with Gasteiger partial charge in [-0.05, 0) is 37.1 Å². The molecule has 1 saturated heterocycles. The van der Waals surface area contributed by atoms with E-state index in [1.54, 1.807) is 38.1 Å². The molecule has 1 aliphatic rings. The Balaban J connectivity index is 1.95. The zero-order valence-corrected chi connectivity index (χ0v) is 22.0. The van der Waals surface area contributed by atoms with Gasteiger partial charge in [0.25, 0.3) is 7.15 Å². The molecule has 0 aromatic heterocycles. The van der Waals surface area contributed by atoms with Crippen LogP contribution in [0.4, 0.5) is 0 Å². The van der Waals surface area contributed by atoms with Crippen LogP contribution < -0.4 is 0 Å². The molecule has 3 atom stereocenters. The largest absolute Gasteiger partial charge is 0.459 e. The Bertz CT molecular complexity index is 920. The van der Waals surface area contributed by atoms with Gasteiger partial charge in [-0.1, -0.05) is 67.9 Å². The fourth-order valence-corrected chi connectivity index (χ4v) is 8.52. The van der Waals surface area contributed by atoms with Crippen LogP contribution in [0.1, 0.15) is 50.8 Å². The Labute approximate surface area is 201 Å². The summed E-state index contributed by atoms with van der Waals surface area (Å²) in [6.07, 6.45) is -0.394. The first kappa shape index (κ1) is 26.2. The Morgan fingerprint density at radius 2 is 1.72 bits per heavy atom. The zero-order valence-electron chi connectivity index (χ0n) is 18.6. The maximum atomic E-state index is 13.7. The SMILES string of the molecule is CCOP(=O)(OCC)C(O[P+]1([S-])OCC(C)(C)[C@H](c2ccc(Cl)cc2)O1)c1ccccc1. The predicted molar refractivity (Wildman–Crippen MR) is 130 cm³/mol. The average Bonchev–Trinajstić information content (AvgIpc) is 2.76. The van der Waals surface area contributed by atoms with E-state index in [4.69, 9.17) is 46.5 Å². The molecular weight excluding hydrogens is 490 g/mol. The molecular formula is C22H29ClO6P2S. The highest BCUT2D eigenvalue weighted by atomic mass is 35.5. The molecule has 0 saturated carbocycles. The maximum Gasteiger partial charge on any atom is 0.368 e. The van der Waals surface area contributed by atoms with E-state index >= 15 is 0 Å². The van der Waals surface area contributed by atoms with E-state index in [-0.39, 0.29) is 18.6 Å². The van der Waals surface area contributed by atoms with Crippen molar-refractivity contribution < 1.29 is 27.2 Å². The lowest BCUT2D eigenvalue weighted by molar-refractivity contribution is -0.0436. The summed E-state index contributed by atoms with van der Waals surface area (Å²) in [6, 6.07) is 16.5. The molecule has 10 heteroatoms. The van der Waals surface area contributed by atoms with Crippen LogP contribution in [0.3, 0.4) is 0 Å². The van der Waals surface area contributed by atoms with E-state index in [0.717, 1.165) is 5.56 Å². The normalized spacial score (nSPS) is 24.2. The summed E-state index contributed by atoms with van der Waals surface area (Å²) in [5.41, 5.74) is 1.15. The predicted octanol–water partition coefficient (Wildman–Crippen LogP) is 7.66. The molecule has 1 heterocycles. The van der Waals surface area contributed by atoms with Crippen molar-refractivity contribution in [3.8, 4) is 0 Å². The summed E-state index contributed by atoms with van der Waals surface area (Å²) >= 11 is 11.8. The number of halogens is 1. The molecule has 0 spiro atoms. The minimum Gasteiger partial charge on any atom is -0.459 e. The Hall–Kier alpha value is -0.460. The lowest BCUT2D eigenvalue weighted by atomic mass is 9.83. The molecule has 1 fully saturated rings. The van der Waals surface area contributed by atoms with Crippen LogP contribution in [0.15, 0.2) is 54.6 Å². The summed E-state index contributed by atoms with van der Waals surface area (Å²) in [5, 5.41) is 0.632. The minimum atomic E-state index is -3.73. The van der Waals surface area contributed by atoms with Crippen molar-refractivity contribution in [2.24, 2.45) is 5.41 Å². The van der Waals surface area contributed by atoms with E-state index < -0.39 is 26.7 Å². The van der Waals surface area contributed by atoms with Gasteiger partial charge in [0.15, 0.2) is 0 Å². The second kappa shape index (κ2) is 10.9. The molecule has 176 valence electrons. The molecule has 2 aromatic carbocycles. The highest BCUT2D eigenvalue weighted by Crippen LogP contribution is 2.75. The second-order valence-corrected chi connectivity index (χ2v) is 13.4. The summed E-state index contributed by atoms with van der Waals surface area (Å²) in [7, 11) is -7.05. The van der Waals surface area contributed by atoms with Crippen molar-refractivity contribution in [2.75, 3.05) is 19.8 Å². The van der Waals surface area contributed by atoms with Crippen LogP contribution in [-0.4, -0.2) is 19.8 Å². The molecule has 0 aliphatic carbocycles. The third kappa shape index (κ3) is 6.15. The molecule has 32 heavy (non-hydrogen) atoms. The van der Waals surface area contributed by atoms with Crippen LogP contribution in [0.2, 0.25) is 5.02 Å². The summed E-state index contributed by atoms with van der Waals surface area (Å²) < 4.78 is 43.5. The van der Waals surface area contributed by atoms with Crippen molar-refractivity contribution in [2.45, 2.75) is 39.6 Å². The van der Waals surface area contributed by atoms with Crippen LogP contribution in [0, 0.1) is 5.41 Å². The lowest BCUT2D eigenvalue weighted by Gasteiger charge is -2.44. The third-order valence-corrected chi connectivity index (χ3v) is 9.78. The van der Waals surface area contributed by atoms with Gasteiger partial charge in [-0.25, -0.2) is 0 Å². The molecule has 2 unspecified atom stereocenters. The van der Waals surface area contributed by atoms with Crippen molar-refractivity contribution in [3.63, 3.8) is 0 Å². The Kier molecular flexibility index (Phi) is 8.87. The minimum absolute atomic E-state index is 0.189. The van der Waals surface area contributed by atoms with Gasteiger partial charge in [-0.3, -0.25) is 4.57 Å². The van der Waals surface area contributed by atoms with Gasteiger partial charge in [0.05, 0.1) is 13.2 Å². The number of hydrogen-bond donors (Lipinski definition) is 0. The Morgan fingerprint density at radius 1 is 1.12 bits per heavy atom. The van der Waals surface area contributed by atoms with E-state index in [0.29, 0.717) is 17.2 Å². The highest BCUT2D eigenvalue weighted by Gasteiger charge is 2.53. The second-order valence-electron chi connectivity index (χ2n) is 7.99. The molecule has 0 bridgehead atoms. The van der Waals surface area contributed by atoms with Crippen LogP contribution in [-0.2, 0) is 39.4 Å². The fraction of sp³-hybridized carbons (Fsp3) is 0.455. The van der Waals surface area contributed by atoms with Gasteiger partial charge in [-0.2, -0.15) is 13.6 Å². The van der Waals surface area contributed by atoms with Crippen LogP contribution in [0.25, 0.3) is 0 Å². The van der Waals surface area contributed by atoms with E-state index in [1.807, 2.05) is 44.2 Å². The lowest BCUT2D eigenvalue weighted by Crippen LogP contribution is -2.35. The molecule has 6 nitrogen and oxygen atoms in total. The monoisotopic (exact) mass is 518 g/mol. The van der Waals surface area contributed by atoms with Gasteiger partial charge in [0.2, 0.25) is 5.85 Å². The first-order chi connectivity index (χ1) is 15.1. The van der Waals surface area contributed by atoms with Crippen molar-refractivity contribution in [3.05, 3.63) is 70.7 Å². The van der Waals surface area contributed by atoms with Crippen molar-refractivity contribution in [1.29, 1.82) is 0 Å². The molecule has 2 aromatic rings. The average molecular weight is 519 g/mol. The summed E-state index contributed by atoms with van der Waals surface area (Å²) in [6.45, 7) is 8.25. The van der Waals surface area contributed by atoms with E-state index in [9.17, 15) is 4.57 Å². The third-order valence-electron chi connectivity index (χ3n) is 4.93. The van der Waals surface area contributed by atoms with Crippen LogP contribution >= 0.6 is 26.3 Å². The first-order valence-electron chi connectivity index (χ1n) is 10.4. The van der Waals surface area contributed by atoms with Gasteiger partial charge in [0.1, 0.15) is 12.7 Å². The Morgan fingerprint density at radius 3 is 2.28 bits per heavy atom. The molecule has 0 N–H and O–H groups in total. The standard InChI is InChI=1S/C22H29ClO6P2S/c1-5-25-30(24,26-6-2)21(18-10-8-7-9-11-18)29-31(32)27-16-22(3,4)20(28-31)17-12-14-19(23)15-13-17/h7-15,20-21H,5-6,16H2,1-4H3/t20-,21?,31?/m0/s1. The molecule has 3 rings (SSSR count). The van der Waals surface area contributed by atoms with Gasteiger partial charge in [-0.15, -0.1) is 0 Å². The van der Waals surface area contributed by atoms with Gasteiger partial charge in [0, 0.05) is 10.4 Å². The number of rotatable bonds is 9. The van der Waals surface area contributed by atoms with E-state index in [1.165, 1.54) is 0 Å². The summed E-state index contributed by atoms with van der Waals surface area (Å²) in [4.78, 5) is 0. The first-order valence-corrected chi connectivity index (χ1v) is 15.0. The number of hydrogen-bond acceptors (Lipinski definition) is 7. The van der Waals surface area contributed by atoms with Gasteiger partial charge < -0.3 is 21.3 Å². The topological polar surface area (TPSA) is 63.2 Å². The maximum absolute atomic E-state index is 13.7. The molecule has 0 amide bonds. The fourth-order valence-electron chi connectivity index (χ4n) is 3.40. The van der Waals surface area contributed by atoms with Crippen molar-refractivity contribution in [1.82, 2.24) is 0 Å².